The summed E-state index contributed by atoms with van der Waals surface area (Å²) >= 11 is 0. The standard InChI is InChI=1S/C40H66N3O/c1-4-5-6-7-8-9-10-11-12-13-14-15-16-17-18-19-31-41-32-21-34-43(35-42-33-20-22-40(42)44,38-27-23-36(2)24-28-38)39-29-25-37(3)26-30-39/h23-30,41H,4-22,31-35H2,1-3H3/q+1. The summed E-state index contributed by atoms with van der Waals surface area (Å²) in [5.41, 5.74) is 5.09. The van der Waals surface area contributed by atoms with E-state index in [1.807, 2.05) is 0 Å². The third kappa shape index (κ3) is 13.1. The van der Waals surface area contributed by atoms with Crippen LogP contribution in [0.2, 0.25) is 0 Å². The van der Waals surface area contributed by atoms with E-state index in [1.54, 1.807) is 0 Å². The molecule has 44 heavy (non-hydrogen) atoms. The SMILES string of the molecule is CCCCCCCCCCCCCCCCCCNCCC[N+](CN1CCCC1=O)(c1ccc(C)cc1)c1ccc(C)cc1. The second kappa shape index (κ2) is 21.5. The van der Waals surface area contributed by atoms with Gasteiger partial charge in [-0.3, -0.25) is 9.69 Å². The lowest BCUT2D eigenvalue weighted by atomic mass is 10.0. The van der Waals surface area contributed by atoms with Gasteiger partial charge >= 0.3 is 0 Å². The Morgan fingerprint density at radius 2 is 1.05 bits per heavy atom. The van der Waals surface area contributed by atoms with E-state index in [-0.39, 0.29) is 0 Å². The van der Waals surface area contributed by atoms with E-state index in [1.165, 1.54) is 125 Å². The molecule has 1 aliphatic heterocycles. The molecule has 2 aromatic rings. The number of likely N-dealkylation sites (tertiary alicyclic amines) is 1. The first-order valence-corrected chi connectivity index (χ1v) is 18.6. The van der Waals surface area contributed by atoms with Gasteiger partial charge < -0.3 is 5.32 Å². The first-order chi connectivity index (χ1) is 21.5. The molecule has 4 heteroatoms. The number of quaternary nitrogens is 1. The third-order valence-electron chi connectivity index (χ3n) is 9.74. The fraction of sp³-hybridized carbons (Fsp3) is 0.675. The van der Waals surface area contributed by atoms with Crippen molar-refractivity contribution in [2.75, 3.05) is 32.8 Å². The molecule has 0 bridgehead atoms. The van der Waals surface area contributed by atoms with E-state index in [0.717, 1.165) is 39.0 Å². The van der Waals surface area contributed by atoms with Crippen LogP contribution in [0.5, 0.6) is 0 Å². The van der Waals surface area contributed by atoms with Crippen LogP contribution in [0.25, 0.3) is 0 Å². The Bertz CT molecular complexity index is 970. The van der Waals surface area contributed by atoms with Crippen LogP contribution >= 0.6 is 0 Å². The highest BCUT2D eigenvalue weighted by molar-refractivity contribution is 5.78. The maximum atomic E-state index is 12.8. The molecule has 3 rings (SSSR count). The van der Waals surface area contributed by atoms with Gasteiger partial charge in [0.05, 0.1) is 6.54 Å². The molecule has 0 radical (unpaired) electrons. The van der Waals surface area contributed by atoms with Gasteiger partial charge in [-0.1, -0.05) is 139 Å². The van der Waals surface area contributed by atoms with Gasteiger partial charge in [0.15, 0.2) is 6.67 Å². The quantitative estimate of drug-likeness (QED) is 0.0903. The summed E-state index contributed by atoms with van der Waals surface area (Å²) in [6.07, 6.45) is 25.3. The molecule has 0 spiro atoms. The minimum absolute atomic E-state index is 0.299. The minimum Gasteiger partial charge on any atom is -0.317 e. The Balaban J connectivity index is 1.34. The fourth-order valence-electron chi connectivity index (χ4n) is 6.84. The van der Waals surface area contributed by atoms with Crippen LogP contribution in [-0.4, -0.2) is 43.7 Å². The molecule has 0 unspecified atom stereocenters. The average Bonchev–Trinajstić information content (AvgIpc) is 3.43. The molecular formula is C40H66N3O+. The number of rotatable bonds is 25. The summed E-state index contributed by atoms with van der Waals surface area (Å²) in [7, 11) is 0. The van der Waals surface area contributed by atoms with Gasteiger partial charge in [-0.2, -0.15) is 0 Å². The number of carbonyl (C=O) groups is 1. The van der Waals surface area contributed by atoms with Gasteiger partial charge in [0.1, 0.15) is 11.4 Å². The van der Waals surface area contributed by atoms with Crippen LogP contribution in [0, 0.1) is 13.8 Å². The van der Waals surface area contributed by atoms with Gasteiger partial charge in [-0.05, 0) is 57.5 Å². The lowest BCUT2D eigenvalue weighted by Crippen LogP contribution is -2.53. The second-order valence-electron chi connectivity index (χ2n) is 13.7. The number of nitrogens with one attached hydrogen (secondary N) is 1. The van der Waals surface area contributed by atoms with E-state index < -0.39 is 0 Å². The van der Waals surface area contributed by atoms with E-state index >= 15 is 0 Å². The topological polar surface area (TPSA) is 32.3 Å². The highest BCUT2D eigenvalue weighted by Gasteiger charge is 2.38. The van der Waals surface area contributed by atoms with Crippen molar-refractivity contribution in [2.45, 2.75) is 143 Å². The fourth-order valence-corrected chi connectivity index (χ4v) is 6.84. The first-order valence-electron chi connectivity index (χ1n) is 18.6. The number of hydrogen-bond donors (Lipinski definition) is 1. The largest absolute Gasteiger partial charge is 0.317 e. The molecule has 1 N–H and O–H groups in total. The Kier molecular flexibility index (Phi) is 17.8. The lowest BCUT2D eigenvalue weighted by Gasteiger charge is -2.40. The van der Waals surface area contributed by atoms with Crippen LogP contribution in [0.4, 0.5) is 11.4 Å². The minimum atomic E-state index is 0.299. The number of amides is 1. The average molecular weight is 605 g/mol. The van der Waals surface area contributed by atoms with Crippen LogP contribution in [-0.2, 0) is 4.79 Å². The van der Waals surface area contributed by atoms with Crippen molar-refractivity contribution in [2.24, 2.45) is 0 Å². The molecule has 1 saturated heterocycles. The van der Waals surface area contributed by atoms with Crippen molar-refractivity contribution < 1.29 is 4.79 Å². The van der Waals surface area contributed by atoms with E-state index in [4.69, 9.17) is 0 Å². The number of nitrogens with zero attached hydrogens (tertiary/aromatic N) is 2. The molecule has 1 aliphatic rings. The lowest BCUT2D eigenvalue weighted by molar-refractivity contribution is -0.128. The zero-order valence-electron chi connectivity index (χ0n) is 28.9. The number of carbonyl (C=O) groups excluding carboxylic acids is 1. The summed E-state index contributed by atoms with van der Waals surface area (Å²) < 4.78 is 0.701. The van der Waals surface area contributed by atoms with Crippen molar-refractivity contribution >= 4 is 17.3 Å². The normalized spacial score (nSPS) is 13.7. The molecule has 0 aliphatic carbocycles. The van der Waals surface area contributed by atoms with Gasteiger partial charge in [0, 0.05) is 25.9 Å². The molecule has 0 aromatic heterocycles. The summed E-state index contributed by atoms with van der Waals surface area (Å²) in [6.45, 7) is 11.3. The van der Waals surface area contributed by atoms with Crippen LogP contribution in [0.3, 0.4) is 0 Å². The highest BCUT2D eigenvalue weighted by atomic mass is 16.2. The number of benzene rings is 2. The smallest absolute Gasteiger partial charge is 0.226 e. The predicted octanol–water partition coefficient (Wildman–Crippen LogP) is 10.8. The molecule has 246 valence electrons. The first kappa shape index (κ1) is 36.3. The van der Waals surface area contributed by atoms with Gasteiger partial charge in [0.2, 0.25) is 5.91 Å². The Labute approximate surface area is 271 Å². The van der Waals surface area contributed by atoms with E-state index in [2.05, 4.69) is 79.5 Å². The molecular weight excluding hydrogens is 538 g/mol. The molecule has 0 saturated carbocycles. The summed E-state index contributed by atoms with van der Waals surface area (Å²) in [5, 5.41) is 3.74. The Hall–Kier alpha value is -2.17. The van der Waals surface area contributed by atoms with Crippen LogP contribution in [0.15, 0.2) is 48.5 Å². The Morgan fingerprint density at radius 3 is 1.48 bits per heavy atom. The van der Waals surface area contributed by atoms with Gasteiger partial charge in [-0.25, -0.2) is 4.48 Å². The van der Waals surface area contributed by atoms with Crippen molar-refractivity contribution in [3.63, 3.8) is 0 Å². The van der Waals surface area contributed by atoms with Gasteiger partial charge in [-0.15, -0.1) is 0 Å². The van der Waals surface area contributed by atoms with E-state index in [0.29, 0.717) is 23.5 Å². The molecule has 1 amide bonds. The number of unbranched alkanes of at least 4 members (excludes halogenated alkanes) is 15. The zero-order chi connectivity index (χ0) is 31.3. The monoisotopic (exact) mass is 605 g/mol. The summed E-state index contributed by atoms with van der Waals surface area (Å²) in [6, 6.07) is 18.0. The van der Waals surface area contributed by atoms with Crippen LogP contribution in [0.1, 0.15) is 140 Å². The molecule has 0 atom stereocenters. The molecule has 1 heterocycles. The molecule has 2 aromatic carbocycles. The van der Waals surface area contributed by atoms with Crippen molar-refractivity contribution in [1.82, 2.24) is 14.7 Å². The molecule has 1 fully saturated rings. The summed E-state index contributed by atoms with van der Waals surface area (Å²) in [5.74, 6) is 0.299. The molecule has 4 nitrogen and oxygen atoms in total. The van der Waals surface area contributed by atoms with Gasteiger partial charge in [0.25, 0.3) is 0 Å². The van der Waals surface area contributed by atoms with Crippen molar-refractivity contribution in [3.05, 3.63) is 59.7 Å². The maximum Gasteiger partial charge on any atom is 0.226 e. The highest BCUT2D eigenvalue weighted by Crippen LogP contribution is 2.37. The second-order valence-corrected chi connectivity index (χ2v) is 13.7. The maximum absolute atomic E-state index is 12.8. The third-order valence-corrected chi connectivity index (χ3v) is 9.74. The predicted molar refractivity (Wildman–Crippen MR) is 192 cm³/mol. The van der Waals surface area contributed by atoms with Crippen LogP contribution < -0.4 is 9.80 Å². The zero-order valence-corrected chi connectivity index (χ0v) is 28.9. The summed E-state index contributed by atoms with van der Waals surface area (Å²) in [4.78, 5) is 14.9. The van der Waals surface area contributed by atoms with E-state index in [9.17, 15) is 4.79 Å². The number of aryl methyl sites for hydroxylation is 2. The van der Waals surface area contributed by atoms with Crippen molar-refractivity contribution in [1.29, 1.82) is 0 Å². The number of hydrogen-bond acceptors (Lipinski definition) is 2. The Morgan fingerprint density at radius 1 is 0.614 bits per heavy atom. The van der Waals surface area contributed by atoms with Crippen molar-refractivity contribution in [3.8, 4) is 0 Å².